The number of aromatic nitrogens is 2. The van der Waals surface area contributed by atoms with Gasteiger partial charge in [-0.05, 0) is 62.7 Å². The number of anilines is 2. The van der Waals surface area contributed by atoms with E-state index in [1.165, 1.54) is 6.33 Å². The highest BCUT2D eigenvalue weighted by atomic mass is 35.5. The van der Waals surface area contributed by atoms with Crippen molar-refractivity contribution in [2.24, 2.45) is 0 Å². The van der Waals surface area contributed by atoms with Crippen molar-refractivity contribution in [2.75, 3.05) is 23.9 Å². The van der Waals surface area contributed by atoms with Crippen LogP contribution in [0.25, 0.3) is 6.08 Å². The van der Waals surface area contributed by atoms with Crippen molar-refractivity contribution < 1.29 is 17.9 Å². The molecule has 0 bridgehead atoms. The molecule has 8 nitrogen and oxygen atoms in total. The Balaban J connectivity index is 0.000000371. The topological polar surface area (TPSA) is 110 Å². The standard InChI is InChI=1S/C20H17Cl2N3O.C6H13NO3S/c1-3-5-18-13(2)20(24-12-23-18)25-15-8-9-19(17(22)11-15)26-16-7-4-6-14(21)10-16;1-3-4-7-6(8)5-11(2,9)10/h3-12H,1-2H3,(H,23,24,25);3-5H2,1-2H3,(H,7,8)/b5-3-;. The summed E-state index contributed by atoms with van der Waals surface area (Å²) in [5, 5.41) is 6.82. The highest BCUT2D eigenvalue weighted by molar-refractivity contribution is 7.91. The zero-order valence-electron chi connectivity index (χ0n) is 21.1. The number of carbonyl (C=O) groups is 1. The maximum atomic E-state index is 10.7. The lowest BCUT2D eigenvalue weighted by molar-refractivity contribution is -0.118. The molecule has 37 heavy (non-hydrogen) atoms. The molecule has 0 aliphatic carbocycles. The van der Waals surface area contributed by atoms with Gasteiger partial charge >= 0.3 is 0 Å². The second kappa shape index (κ2) is 14.6. The van der Waals surface area contributed by atoms with E-state index in [1.807, 2.05) is 51.1 Å². The lowest BCUT2D eigenvalue weighted by Crippen LogP contribution is -2.30. The zero-order chi connectivity index (χ0) is 27.4. The SMILES string of the molecule is C/C=C\c1ncnc(Nc2ccc(Oc3cccc(Cl)c3)c(Cl)c2)c1C.CCCNC(=O)CS(C)(=O)=O. The van der Waals surface area contributed by atoms with Crippen molar-refractivity contribution in [1.82, 2.24) is 15.3 Å². The molecule has 1 amide bonds. The van der Waals surface area contributed by atoms with Crippen LogP contribution in [-0.4, -0.2) is 42.8 Å². The van der Waals surface area contributed by atoms with Crippen molar-refractivity contribution in [3.8, 4) is 11.5 Å². The van der Waals surface area contributed by atoms with E-state index in [0.717, 1.165) is 35.4 Å². The Kier molecular flexibility index (Phi) is 11.8. The molecular formula is C26H30Cl2N4O4S. The summed E-state index contributed by atoms with van der Waals surface area (Å²) in [6.07, 6.45) is 7.27. The third-order valence-corrected chi connectivity index (χ3v) is 5.95. The number of hydrogen-bond acceptors (Lipinski definition) is 7. The lowest BCUT2D eigenvalue weighted by Gasteiger charge is -2.12. The molecule has 3 rings (SSSR count). The van der Waals surface area contributed by atoms with Crippen LogP contribution in [0, 0.1) is 6.92 Å². The van der Waals surface area contributed by atoms with Crippen LogP contribution in [0.3, 0.4) is 0 Å². The fourth-order valence-electron chi connectivity index (χ4n) is 2.92. The first-order valence-electron chi connectivity index (χ1n) is 11.4. The third kappa shape index (κ3) is 10.8. The first-order chi connectivity index (χ1) is 17.5. The van der Waals surface area contributed by atoms with Gasteiger partial charge in [-0.1, -0.05) is 42.3 Å². The molecule has 2 aromatic carbocycles. The fraction of sp³-hybridized carbons (Fsp3) is 0.269. The van der Waals surface area contributed by atoms with E-state index in [9.17, 15) is 13.2 Å². The first kappa shape index (κ1) is 30.1. The monoisotopic (exact) mass is 564 g/mol. The number of carbonyl (C=O) groups excluding carboxylic acids is 1. The quantitative estimate of drug-likeness (QED) is 0.317. The molecule has 0 aliphatic rings. The van der Waals surface area contributed by atoms with E-state index in [1.54, 1.807) is 24.3 Å². The summed E-state index contributed by atoms with van der Waals surface area (Å²) < 4.78 is 26.9. The smallest absolute Gasteiger partial charge is 0.235 e. The minimum Gasteiger partial charge on any atom is -0.456 e. The lowest BCUT2D eigenvalue weighted by atomic mass is 10.2. The number of benzene rings is 2. The predicted octanol–water partition coefficient (Wildman–Crippen LogP) is 6.22. The first-order valence-corrected chi connectivity index (χ1v) is 14.2. The highest BCUT2D eigenvalue weighted by Gasteiger charge is 2.10. The van der Waals surface area contributed by atoms with E-state index >= 15 is 0 Å². The molecule has 1 aromatic heterocycles. The molecule has 198 valence electrons. The minimum atomic E-state index is -3.17. The molecule has 0 atom stereocenters. The Morgan fingerprint density at radius 2 is 1.89 bits per heavy atom. The number of nitrogens with one attached hydrogen (secondary N) is 2. The molecule has 0 radical (unpaired) electrons. The Morgan fingerprint density at radius 3 is 2.51 bits per heavy atom. The average molecular weight is 566 g/mol. The molecule has 0 saturated heterocycles. The Morgan fingerprint density at radius 1 is 1.14 bits per heavy atom. The van der Waals surface area contributed by atoms with Crippen LogP contribution in [0.1, 0.15) is 31.5 Å². The van der Waals surface area contributed by atoms with Gasteiger partial charge in [-0.3, -0.25) is 4.79 Å². The number of ether oxygens (including phenoxy) is 1. The van der Waals surface area contributed by atoms with E-state index in [0.29, 0.717) is 28.1 Å². The Hall–Kier alpha value is -3.14. The summed E-state index contributed by atoms with van der Waals surface area (Å²) in [5.41, 5.74) is 2.64. The second-order valence-electron chi connectivity index (χ2n) is 7.98. The molecule has 0 fully saturated rings. The van der Waals surface area contributed by atoms with Gasteiger partial charge in [-0.2, -0.15) is 0 Å². The van der Waals surface area contributed by atoms with Gasteiger partial charge in [-0.15, -0.1) is 0 Å². The van der Waals surface area contributed by atoms with E-state index in [2.05, 4.69) is 20.6 Å². The van der Waals surface area contributed by atoms with Crippen LogP contribution in [0.5, 0.6) is 11.5 Å². The van der Waals surface area contributed by atoms with Gasteiger partial charge in [0.05, 0.1) is 10.7 Å². The summed E-state index contributed by atoms with van der Waals surface area (Å²) in [7, 11) is -3.17. The molecule has 0 unspecified atom stereocenters. The van der Waals surface area contributed by atoms with Gasteiger partial charge < -0.3 is 15.4 Å². The van der Waals surface area contributed by atoms with Gasteiger partial charge in [0.2, 0.25) is 5.91 Å². The molecule has 0 aliphatic heterocycles. The Labute approximate surface area is 228 Å². The van der Waals surface area contributed by atoms with Crippen LogP contribution in [-0.2, 0) is 14.6 Å². The number of nitrogens with zero attached hydrogens (tertiary/aromatic N) is 2. The second-order valence-corrected chi connectivity index (χ2v) is 11.0. The molecule has 2 N–H and O–H groups in total. The van der Waals surface area contributed by atoms with Gasteiger partial charge in [0, 0.05) is 29.1 Å². The highest BCUT2D eigenvalue weighted by Crippen LogP contribution is 2.33. The summed E-state index contributed by atoms with van der Waals surface area (Å²) in [4.78, 5) is 19.3. The van der Waals surface area contributed by atoms with Crippen LogP contribution in [0.15, 0.2) is 54.9 Å². The predicted molar refractivity (Wildman–Crippen MR) is 151 cm³/mol. The molecule has 0 spiro atoms. The van der Waals surface area contributed by atoms with Crippen molar-refractivity contribution in [3.63, 3.8) is 0 Å². The van der Waals surface area contributed by atoms with Gasteiger partial charge in [0.25, 0.3) is 0 Å². The van der Waals surface area contributed by atoms with Crippen LogP contribution >= 0.6 is 23.2 Å². The van der Waals surface area contributed by atoms with Crippen molar-refractivity contribution >= 4 is 56.5 Å². The van der Waals surface area contributed by atoms with Gasteiger partial charge in [-0.25, -0.2) is 18.4 Å². The van der Waals surface area contributed by atoms with E-state index < -0.39 is 21.5 Å². The summed E-state index contributed by atoms with van der Waals surface area (Å²) in [6, 6.07) is 12.6. The molecule has 1 heterocycles. The van der Waals surface area contributed by atoms with Crippen LogP contribution < -0.4 is 15.4 Å². The third-order valence-electron chi connectivity index (χ3n) is 4.63. The van der Waals surface area contributed by atoms with Crippen LogP contribution in [0.4, 0.5) is 11.5 Å². The largest absolute Gasteiger partial charge is 0.456 e. The van der Waals surface area contributed by atoms with Crippen LogP contribution in [0.2, 0.25) is 10.0 Å². The maximum Gasteiger partial charge on any atom is 0.235 e. The minimum absolute atomic E-state index is 0.410. The number of hydrogen-bond donors (Lipinski definition) is 2. The van der Waals surface area contributed by atoms with E-state index in [4.69, 9.17) is 27.9 Å². The van der Waals surface area contributed by atoms with Crippen molar-refractivity contribution in [2.45, 2.75) is 27.2 Å². The maximum absolute atomic E-state index is 10.7. The number of rotatable bonds is 9. The zero-order valence-corrected chi connectivity index (χ0v) is 23.4. The van der Waals surface area contributed by atoms with Crippen molar-refractivity contribution in [3.05, 3.63) is 76.2 Å². The van der Waals surface area contributed by atoms with Gasteiger partial charge in [0.15, 0.2) is 9.84 Å². The average Bonchev–Trinajstić information content (AvgIpc) is 2.82. The molecule has 3 aromatic rings. The normalized spacial score (nSPS) is 11.0. The number of allylic oxidation sites excluding steroid dienone is 1. The summed E-state index contributed by atoms with van der Waals surface area (Å²) in [5.74, 6) is 1.07. The number of sulfone groups is 1. The molecular weight excluding hydrogens is 535 g/mol. The summed E-state index contributed by atoms with van der Waals surface area (Å²) >= 11 is 12.3. The van der Waals surface area contributed by atoms with E-state index in [-0.39, 0.29) is 0 Å². The molecule has 0 saturated carbocycles. The fourth-order valence-corrected chi connectivity index (χ4v) is 3.90. The Bertz CT molecular complexity index is 1350. The molecule has 11 heteroatoms. The number of amides is 1. The van der Waals surface area contributed by atoms with Gasteiger partial charge in [0.1, 0.15) is 29.4 Å². The summed E-state index contributed by atoms with van der Waals surface area (Å²) in [6.45, 7) is 6.36. The van der Waals surface area contributed by atoms with Crippen molar-refractivity contribution in [1.29, 1.82) is 0 Å². The number of halogens is 2.